The first-order valence-corrected chi connectivity index (χ1v) is 7.92. The summed E-state index contributed by atoms with van der Waals surface area (Å²) < 4.78 is 0. The Kier molecular flexibility index (Phi) is 6.18. The van der Waals surface area contributed by atoms with Crippen LogP contribution in [0.4, 0.5) is 5.69 Å². The first kappa shape index (κ1) is 17.0. The molecule has 0 aliphatic rings. The molecule has 0 aliphatic heterocycles. The summed E-state index contributed by atoms with van der Waals surface area (Å²) in [7, 11) is 0. The number of rotatable bonds is 7. The van der Waals surface area contributed by atoms with E-state index in [4.69, 9.17) is 5.11 Å². The number of carbonyl (C=O) groups excluding carboxylic acids is 1. The van der Waals surface area contributed by atoms with Crippen LogP contribution >= 0.6 is 0 Å². The van der Waals surface area contributed by atoms with Gasteiger partial charge in [0.1, 0.15) is 0 Å². The van der Waals surface area contributed by atoms with Gasteiger partial charge in [-0.1, -0.05) is 50.2 Å². The third kappa shape index (κ3) is 4.83. The van der Waals surface area contributed by atoms with Crippen LogP contribution in [0.3, 0.4) is 0 Å². The molecule has 1 unspecified atom stereocenters. The van der Waals surface area contributed by atoms with E-state index in [2.05, 4.69) is 36.6 Å². The second kappa shape index (κ2) is 8.34. The molecule has 0 radical (unpaired) electrons. The Hall–Kier alpha value is -2.33. The lowest BCUT2D eigenvalue weighted by molar-refractivity contribution is 0.0945. The highest BCUT2D eigenvalue weighted by Crippen LogP contribution is 2.26. The molecular weight excluding hydrogens is 288 g/mol. The van der Waals surface area contributed by atoms with E-state index < -0.39 is 0 Å². The minimum atomic E-state index is -0.177. The lowest BCUT2D eigenvalue weighted by Crippen LogP contribution is -2.26. The Morgan fingerprint density at radius 3 is 2.48 bits per heavy atom. The molecule has 23 heavy (non-hydrogen) atoms. The number of aliphatic hydroxyl groups is 1. The summed E-state index contributed by atoms with van der Waals surface area (Å²) >= 11 is 0. The van der Waals surface area contributed by atoms with Crippen molar-refractivity contribution in [3.63, 3.8) is 0 Å². The number of hydrogen-bond donors (Lipinski definition) is 3. The topological polar surface area (TPSA) is 61.4 Å². The van der Waals surface area contributed by atoms with Gasteiger partial charge < -0.3 is 15.7 Å². The van der Waals surface area contributed by atoms with Gasteiger partial charge in [0, 0.05) is 17.8 Å². The summed E-state index contributed by atoms with van der Waals surface area (Å²) in [5.74, 6) is 0.229. The van der Waals surface area contributed by atoms with Crippen LogP contribution in [-0.2, 0) is 0 Å². The monoisotopic (exact) mass is 312 g/mol. The van der Waals surface area contributed by atoms with Crippen molar-refractivity contribution in [1.29, 1.82) is 0 Å². The summed E-state index contributed by atoms with van der Waals surface area (Å²) in [5, 5.41) is 15.0. The maximum absolute atomic E-state index is 12.0. The van der Waals surface area contributed by atoms with E-state index in [9.17, 15) is 4.79 Å². The molecule has 0 spiro atoms. The van der Waals surface area contributed by atoms with Crippen molar-refractivity contribution < 1.29 is 9.90 Å². The van der Waals surface area contributed by atoms with Gasteiger partial charge in [0.15, 0.2) is 0 Å². The minimum absolute atomic E-state index is 0.0624. The number of aliphatic hydroxyl groups excluding tert-OH is 1. The number of anilines is 1. The molecule has 4 heteroatoms. The molecule has 122 valence electrons. The Morgan fingerprint density at radius 1 is 1.09 bits per heavy atom. The van der Waals surface area contributed by atoms with Crippen molar-refractivity contribution in [2.45, 2.75) is 19.9 Å². The number of nitrogens with one attached hydrogen (secondary N) is 2. The molecule has 0 saturated carbocycles. The van der Waals surface area contributed by atoms with Crippen LogP contribution in [0.25, 0.3) is 0 Å². The summed E-state index contributed by atoms with van der Waals surface area (Å²) in [6, 6.07) is 17.9. The van der Waals surface area contributed by atoms with Crippen LogP contribution < -0.4 is 10.6 Å². The highest BCUT2D eigenvalue weighted by molar-refractivity contribution is 5.95. The Labute approximate surface area is 137 Å². The molecule has 2 aromatic rings. The molecule has 0 aliphatic carbocycles. The second-order valence-electron chi connectivity index (χ2n) is 5.84. The molecule has 0 heterocycles. The van der Waals surface area contributed by atoms with E-state index in [1.54, 1.807) is 6.07 Å². The van der Waals surface area contributed by atoms with Gasteiger partial charge in [-0.05, 0) is 29.7 Å². The molecule has 0 bridgehead atoms. The molecule has 1 amide bonds. The van der Waals surface area contributed by atoms with Crippen LogP contribution in [0.5, 0.6) is 0 Å². The molecule has 2 rings (SSSR count). The predicted molar refractivity (Wildman–Crippen MR) is 93.5 cm³/mol. The largest absolute Gasteiger partial charge is 0.395 e. The molecule has 4 nitrogen and oxygen atoms in total. The van der Waals surface area contributed by atoms with E-state index >= 15 is 0 Å². The number of carbonyl (C=O) groups is 1. The lowest BCUT2D eigenvalue weighted by Gasteiger charge is -2.24. The smallest absolute Gasteiger partial charge is 0.251 e. The molecule has 3 N–H and O–H groups in total. The standard InChI is InChI=1S/C19H24N2O2/c1-14(2)18(15-7-4-3-5-8-15)21-17-10-6-9-16(13-17)19(23)20-11-12-22/h3-10,13-14,18,21-22H,11-12H2,1-2H3,(H,20,23). The molecule has 2 aromatic carbocycles. The zero-order valence-corrected chi connectivity index (χ0v) is 13.6. The maximum atomic E-state index is 12.0. The third-order valence-electron chi connectivity index (χ3n) is 3.67. The highest BCUT2D eigenvalue weighted by atomic mass is 16.3. The summed E-state index contributed by atoms with van der Waals surface area (Å²) in [4.78, 5) is 12.0. The van der Waals surface area contributed by atoms with Crippen molar-refractivity contribution in [2.75, 3.05) is 18.5 Å². The zero-order valence-electron chi connectivity index (χ0n) is 13.6. The third-order valence-corrected chi connectivity index (χ3v) is 3.67. The normalized spacial score (nSPS) is 12.0. The van der Waals surface area contributed by atoms with Gasteiger partial charge in [-0.25, -0.2) is 0 Å². The fourth-order valence-corrected chi connectivity index (χ4v) is 2.50. The summed E-state index contributed by atoms with van der Waals surface area (Å²) in [5.41, 5.74) is 2.71. The average Bonchev–Trinajstić information content (AvgIpc) is 2.58. The quantitative estimate of drug-likeness (QED) is 0.735. The maximum Gasteiger partial charge on any atom is 0.251 e. The number of hydrogen-bond acceptors (Lipinski definition) is 3. The van der Waals surface area contributed by atoms with Crippen molar-refractivity contribution in [3.8, 4) is 0 Å². The van der Waals surface area contributed by atoms with Crippen molar-refractivity contribution in [3.05, 3.63) is 65.7 Å². The van der Waals surface area contributed by atoms with Crippen LogP contribution in [0.1, 0.15) is 35.8 Å². The van der Waals surface area contributed by atoms with Gasteiger partial charge in [-0.3, -0.25) is 4.79 Å². The zero-order chi connectivity index (χ0) is 16.7. The van der Waals surface area contributed by atoms with Gasteiger partial charge in [-0.15, -0.1) is 0 Å². The van der Waals surface area contributed by atoms with Crippen LogP contribution in [0, 0.1) is 5.92 Å². The van der Waals surface area contributed by atoms with Crippen molar-refractivity contribution in [1.82, 2.24) is 5.32 Å². The Balaban J connectivity index is 2.16. The number of benzene rings is 2. The van der Waals surface area contributed by atoms with Crippen molar-refractivity contribution >= 4 is 11.6 Å². The molecule has 0 saturated heterocycles. The first-order valence-electron chi connectivity index (χ1n) is 7.92. The van der Waals surface area contributed by atoms with E-state index in [-0.39, 0.29) is 25.1 Å². The molecule has 0 aromatic heterocycles. The fraction of sp³-hybridized carbons (Fsp3) is 0.316. The van der Waals surface area contributed by atoms with Gasteiger partial charge in [0.25, 0.3) is 5.91 Å². The van der Waals surface area contributed by atoms with Gasteiger partial charge >= 0.3 is 0 Å². The number of amides is 1. The fourth-order valence-electron chi connectivity index (χ4n) is 2.50. The van der Waals surface area contributed by atoms with Crippen LogP contribution in [0.2, 0.25) is 0 Å². The Morgan fingerprint density at radius 2 is 1.83 bits per heavy atom. The van der Waals surface area contributed by atoms with Gasteiger partial charge in [0.2, 0.25) is 0 Å². The van der Waals surface area contributed by atoms with Crippen LogP contribution in [-0.4, -0.2) is 24.2 Å². The van der Waals surface area contributed by atoms with E-state index in [0.717, 1.165) is 5.69 Å². The summed E-state index contributed by atoms with van der Waals surface area (Å²) in [6.07, 6.45) is 0. The SMILES string of the molecule is CC(C)C(Nc1cccc(C(=O)NCCO)c1)c1ccccc1. The molecule has 1 atom stereocenters. The lowest BCUT2D eigenvalue weighted by atomic mass is 9.95. The van der Waals surface area contributed by atoms with E-state index in [1.165, 1.54) is 5.56 Å². The average molecular weight is 312 g/mol. The predicted octanol–water partition coefficient (Wildman–Crippen LogP) is 3.22. The van der Waals surface area contributed by atoms with E-state index in [1.807, 2.05) is 36.4 Å². The summed E-state index contributed by atoms with van der Waals surface area (Å²) in [6.45, 7) is 4.53. The molecule has 0 fully saturated rings. The Bertz CT molecular complexity index is 626. The minimum Gasteiger partial charge on any atom is -0.395 e. The van der Waals surface area contributed by atoms with Gasteiger partial charge in [-0.2, -0.15) is 0 Å². The first-order chi connectivity index (χ1) is 11.1. The highest BCUT2D eigenvalue weighted by Gasteiger charge is 2.16. The van der Waals surface area contributed by atoms with E-state index in [0.29, 0.717) is 11.5 Å². The molecular formula is C19H24N2O2. The van der Waals surface area contributed by atoms with Crippen molar-refractivity contribution in [2.24, 2.45) is 5.92 Å². The second-order valence-corrected chi connectivity index (χ2v) is 5.84. The van der Waals surface area contributed by atoms with Crippen LogP contribution in [0.15, 0.2) is 54.6 Å². The van der Waals surface area contributed by atoms with Gasteiger partial charge in [0.05, 0.1) is 12.6 Å².